The SMILES string of the molecule is O=C(CSc1nc2ccccc2n1-c1ccccc1)N1CCc2sccc2C1. The summed E-state index contributed by atoms with van der Waals surface area (Å²) >= 11 is 3.31. The van der Waals surface area contributed by atoms with Crippen LogP contribution in [0.5, 0.6) is 0 Å². The topological polar surface area (TPSA) is 38.1 Å². The van der Waals surface area contributed by atoms with E-state index in [1.165, 1.54) is 22.2 Å². The Labute approximate surface area is 171 Å². The number of amides is 1. The Morgan fingerprint density at radius 3 is 2.79 bits per heavy atom. The lowest BCUT2D eigenvalue weighted by Crippen LogP contribution is -2.36. The molecular weight excluding hydrogens is 386 g/mol. The predicted octanol–water partition coefficient (Wildman–Crippen LogP) is 4.76. The third kappa shape index (κ3) is 3.23. The fourth-order valence-corrected chi connectivity index (χ4v) is 5.43. The molecule has 2 aromatic carbocycles. The summed E-state index contributed by atoms with van der Waals surface area (Å²) in [4.78, 5) is 21.0. The Bertz CT molecular complexity index is 1130. The molecule has 0 N–H and O–H groups in total. The van der Waals surface area contributed by atoms with Gasteiger partial charge in [-0.25, -0.2) is 4.98 Å². The third-order valence-corrected chi connectivity index (χ3v) is 6.98. The molecule has 0 atom stereocenters. The Morgan fingerprint density at radius 2 is 1.89 bits per heavy atom. The first-order valence-corrected chi connectivity index (χ1v) is 11.1. The molecule has 5 rings (SSSR count). The van der Waals surface area contributed by atoms with Gasteiger partial charge in [0.05, 0.1) is 16.8 Å². The second kappa shape index (κ2) is 7.45. The van der Waals surface area contributed by atoms with Crippen LogP contribution in [-0.2, 0) is 17.8 Å². The van der Waals surface area contributed by atoms with Crippen molar-refractivity contribution in [3.05, 3.63) is 76.5 Å². The highest BCUT2D eigenvalue weighted by atomic mass is 32.2. The number of fused-ring (bicyclic) bond motifs is 2. The minimum absolute atomic E-state index is 0.175. The van der Waals surface area contributed by atoms with E-state index < -0.39 is 0 Å². The first kappa shape index (κ1) is 17.5. The molecule has 0 saturated heterocycles. The van der Waals surface area contributed by atoms with E-state index in [0.29, 0.717) is 5.75 Å². The largest absolute Gasteiger partial charge is 0.337 e. The summed E-state index contributed by atoms with van der Waals surface area (Å²) in [7, 11) is 0. The molecule has 28 heavy (non-hydrogen) atoms. The van der Waals surface area contributed by atoms with Gasteiger partial charge in [-0.2, -0.15) is 0 Å². The van der Waals surface area contributed by atoms with Gasteiger partial charge in [0.1, 0.15) is 0 Å². The van der Waals surface area contributed by atoms with Crippen LogP contribution in [0.15, 0.2) is 71.2 Å². The van der Waals surface area contributed by atoms with E-state index in [9.17, 15) is 4.79 Å². The molecule has 0 saturated carbocycles. The molecule has 0 bridgehead atoms. The summed E-state index contributed by atoms with van der Waals surface area (Å²) < 4.78 is 2.14. The van der Waals surface area contributed by atoms with Crippen molar-refractivity contribution in [1.29, 1.82) is 0 Å². The molecule has 0 unspecified atom stereocenters. The second-order valence-electron chi connectivity index (χ2n) is 6.78. The van der Waals surface area contributed by atoms with E-state index in [2.05, 4.69) is 34.2 Å². The lowest BCUT2D eigenvalue weighted by Gasteiger charge is -2.26. The number of hydrogen-bond donors (Lipinski definition) is 0. The van der Waals surface area contributed by atoms with Crippen LogP contribution in [0.25, 0.3) is 16.7 Å². The number of imidazole rings is 1. The molecule has 6 heteroatoms. The monoisotopic (exact) mass is 405 g/mol. The zero-order chi connectivity index (χ0) is 18.9. The average molecular weight is 406 g/mol. The smallest absolute Gasteiger partial charge is 0.233 e. The highest BCUT2D eigenvalue weighted by molar-refractivity contribution is 7.99. The van der Waals surface area contributed by atoms with Crippen molar-refractivity contribution in [3.63, 3.8) is 0 Å². The summed E-state index contributed by atoms with van der Waals surface area (Å²) in [5.41, 5.74) is 4.37. The van der Waals surface area contributed by atoms with Crippen molar-refractivity contribution in [2.24, 2.45) is 0 Å². The number of aromatic nitrogens is 2. The summed E-state index contributed by atoms with van der Waals surface area (Å²) in [6.45, 7) is 1.54. The van der Waals surface area contributed by atoms with Crippen molar-refractivity contribution in [3.8, 4) is 5.69 Å². The minimum Gasteiger partial charge on any atom is -0.337 e. The maximum atomic E-state index is 12.8. The highest BCUT2D eigenvalue weighted by Crippen LogP contribution is 2.29. The van der Waals surface area contributed by atoms with Crippen molar-refractivity contribution in [1.82, 2.24) is 14.5 Å². The zero-order valence-electron chi connectivity index (χ0n) is 15.2. The number of rotatable bonds is 4. The Morgan fingerprint density at radius 1 is 1.07 bits per heavy atom. The molecule has 3 heterocycles. The molecular formula is C22H19N3OS2. The number of thiophene rings is 1. The maximum absolute atomic E-state index is 12.8. The average Bonchev–Trinajstić information content (AvgIpc) is 3.36. The third-order valence-electron chi connectivity index (χ3n) is 5.03. The van der Waals surface area contributed by atoms with Crippen molar-refractivity contribution in [2.75, 3.05) is 12.3 Å². The van der Waals surface area contributed by atoms with Crippen LogP contribution in [0, 0.1) is 0 Å². The van der Waals surface area contributed by atoms with E-state index >= 15 is 0 Å². The molecule has 1 amide bonds. The number of para-hydroxylation sites is 3. The summed E-state index contributed by atoms with van der Waals surface area (Å²) in [5, 5.41) is 2.98. The number of benzene rings is 2. The number of carbonyl (C=O) groups is 1. The van der Waals surface area contributed by atoms with Gasteiger partial charge in [-0.15, -0.1) is 11.3 Å². The van der Waals surface area contributed by atoms with Crippen LogP contribution in [0.2, 0.25) is 0 Å². The van der Waals surface area contributed by atoms with E-state index in [1.807, 2.05) is 41.3 Å². The van der Waals surface area contributed by atoms with Crippen LogP contribution in [-0.4, -0.2) is 32.7 Å². The summed E-state index contributed by atoms with van der Waals surface area (Å²) in [5.74, 6) is 0.573. The maximum Gasteiger partial charge on any atom is 0.233 e. The molecule has 4 aromatic rings. The van der Waals surface area contributed by atoms with Crippen molar-refractivity contribution < 1.29 is 4.79 Å². The lowest BCUT2D eigenvalue weighted by molar-refractivity contribution is -0.129. The summed E-state index contributed by atoms with van der Waals surface area (Å²) in [6.07, 6.45) is 0.964. The second-order valence-corrected chi connectivity index (χ2v) is 8.72. The summed E-state index contributed by atoms with van der Waals surface area (Å²) in [6, 6.07) is 20.5. The van der Waals surface area contributed by atoms with E-state index in [4.69, 9.17) is 4.98 Å². The number of nitrogens with zero attached hydrogens (tertiary/aromatic N) is 3. The first-order chi connectivity index (χ1) is 13.8. The van der Waals surface area contributed by atoms with Gasteiger partial charge >= 0.3 is 0 Å². The van der Waals surface area contributed by atoms with Gasteiger partial charge in [-0.1, -0.05) is 42.1 Å². The first-order valence-electron chi connectivity index (χ1n) is 9.28. The van der Waals surface area contributed by atoms with Gasteiger partial charge in [0.2, 0.25) is 5.91 Å². The fraction of sp³-hybridized carbons (Fsp3) is 0.182. The van der Waals surface area contributed by atoms with E-state index in [1.54, 1.807) is 11.3 Å². The normalized spacial score (nSPS) is 13.6. The van der Waals surface area contributed by atoms with Crippen LogP contribution in [0.1, 0.15) is 10.4 Å². The highest BCUT2D eigenvalue weighted by Gasteiger charge is 2.22. The fourth-order valence-electron chi connectivity index (χ4n) is 3.61. The molecule has 1 aliphatic heterocycles. The van der Waals surface area contributed by atoms with Gasteiger partial charge in [0, 0.05) is 23.7 Å². The van der Waals surface area contributed by atoms with Gasteiger partial charge < -0.3 is 4.90 Å². The van der Waals surface area contributed by atoms with E-state index in [0.717, 1.165) is 41.4 Å². The Hall–Kier alpha value is -2.57. The zero-order valence-corrected chi connectivity index (χ0v) is 16.9. The molecule has 0 spiro atoms. The van der Waals surface area contributed by atoms with Gasteiger partial charge in [-0.05, 0) is 47.7 Å². The van der Waals surface area contributed by atoms with Crippen LogP contribution in [0.3, 0.4) is 0 Å². The molecule has 0 fully saturated rings. The molecule has 1 aliphatic rings. The molecule has 0 aliphatic carbocycles. The molecule has 2 aromatic heterocycles. The van der Waals surface area contributed by atoms with E-state index in [-0.39, 0.29) is 5.91 Å². The number of hydrogen-bond acceptors (Lipinski definition) is 4. The number of carbonyl (C=O) groups excluding carboxylic acids is 1. The molecule has 0 radical (unpaired) electrons. The van der Waals surface area contributed by atoms with Crippen LogP contribution >= 0.6 is 23.1 Å². The molecule has 4 nitrogen and oxygen atoms in total. The van der Waals surface area contributed by atoms with Gasteiger partial charge in [0.15, 0.2) is 5.16 Å². The number of thioether (sulfide) groups is 1. The Balaban J connectivity index is 1.39. The lowest BCUT2D eigenvalue weighted by atomic mass is 10.1. The Kier molecular flexibility index (Phi) is 4.66. The predicted molar refractivity (Wildman–Crippen MR) is 115 cm³/mol. The van der Waals surface area contributed by atoms with Crippen LogP contribution < -0.4 is 0 Å². The standard InChI is InChI=1S/C22H19N3OS2/c26-21(24-12-10-20-16(14-24)11-13-27-20)15-28-22-23-18-8-4-5-9-19(18)25(22)17-6-2-1-3-7-17/h1-9,11,13H,10,12,14-15H2. The van der Waals surface area contributed by atoms with Crippen molar-refractivity contribution >= 4 is 40.0 Å². The molecule has 140 valence electrons. The van der Waals surface area contributed by atoms with Gasteiger partial charge in [-0.3, -0.25) is 9.36 Å². The van der Waals surface area contributed by atoms with Gasteiger partial charge in [0.25, 0.3) is 0 Å². The quantitative estimate of drug-likeness (QED) is 0.459. The van der Waals surface area contributed by atoms with Crippen molar-refractivity contribution in [2.45, 2.75) is 18.1 Å². The minimum atomic E-state index is 0.175. The van der Waals surface area contributed by atoms with Crippen LogP contribution in [0.4, 0.5) is 0 Å².